The Morgan fingerprint density at radius 1 is 1.21 bits per heavy atom. The van der Waals surface area contributed by atoms with Gasteiger partial charge in [-0.25, -0.2) is 0 Å². The molecule has 0 N–H and O–H groups in total. The summed E-state index contributed by atoms with van der Waals surface area (Å²) in [6.45, 7) is 7.40. The van der Waals surface area contributed by atoms with E-state index < -0.39 is 0 Å². The maximum Gasteiger partial charge on any atom is -0.00190 e. The van der Waals surface area contributed by atoms with E-state index in [2.05, 4.69) is 25.8 Å². The number of unbranched alkanes of at least 4 members (excludes halogenated alkanes) is 2. The summed E-state index contributed by atoms with van der Waals surface area (Å²) in [5.41, 5.74) is 0. The predicted molar refractivity (Wildman–Crippen MR) is 63.5 cm³/mol. The molecule has 84 valence electrons. The quantitative estimate of drug-likeness (QED) is 0.609. The molecule has 1 heterocycles. The van der Waals surface area contributed by atoms with Gasteiger partial charge in [0.25, 0.3) is 0 Å². The van der Waals surface area contributed by atoms with E-state index in [1.165, 1.54) is 51.6 Å². The third-order valence-corrected chi connectivity index (χ3v) is 3.83. The first kappa shape index (κ1) is 12.0. The van der Waals surface area contributed by atoms with Crippen LogP contribution >= 0.6 is 0 Å². The summed E-state index contributed by atoms with van der Waals surface area (Å²) < 4.78 is 0. The first-order chi connectivity index (χ1) is 6.74. The van der Waals surface area contributed by atoms with Gasteiger partial charge in [0.15, 0.2) is 0 Å². The van der Waals surface area contributed by atoms with Gasteiger partial charge in [0.2, 0.25) is 0 Å². The Balaban J connectivity index is 2.13. The average Bonchev–Trinajstić information content (AvgIpc) is 2.19. The molecular formula is C13H27N. The molecule has 0 aliphatic carbocycles. The molecule has 1 aliphatic rings. The summed E-state index contributed by atoms with van der Waals surface area (Å²) in [5.74, 6) is 1.98. The number of likely N-dealkylation sites (tertiary alicyclic amines) is 1. The van der Waals surface area contributed by atoms with E-state index in [4.69, 9.17) is 0 Å². The molecule has 1 heteroatoms. The second kappa shape index (κ2) is 6.44. The van der Waals surface area contributed by atoms with Gasteiger partial charge in [0, 0.05) is 0 Å². The van der Waals surface area contributed by atoms with Crippen LogP contribution in [0.2, 0.25) is 0 Å². The molecule has 0 spiro atoms. The summed E-state index contributed by atoms with van der Waals surface area (Å²) in [4.78, 5) is 2.47. The lowest BCUT2D eigenvalue weighted by Gasteiger charge is -2.32. The van der Waals surface area contributed by atoms with Gasteiger partial charge in [-0.2, -0.15) is 0 Å². The summed E-state index contributed by atoms with van der Waals surface area (Å²) >= 11 is 0. The number of nitrogens with zero attached hydrogens (tertiary/aromatic N) is 1. The van der Waals surface area contributed by atoms with Crippen LogP contribution in [0, 0.1) is 11.8 Å². The van der Waals surface area contributed by atoms with Gasteiger partial charge in [-0.3, -0.25) is 0 Å². The van der Waals surface area contributed by atoms with Crippen molar-refractivity contribution in [3.05, 3.63) is 0 Å². The minimum atomic E-state index is 0.968. The van der Waals surface area contributed by atoms with Crippen molar-refractivity contribution in [1.29, 1.82) is 0 Å². The van der Waals surface area contributed by atoms with Crippen LogP contribution in [0.5, 0.6) is 0 Å². The van der Waals surface area contributed by atoms with Crippen molar-refractivity contribution in [1.82, 2.24) is 4.90 Å². The SMILES string of the molecule is CCCCCC(C)C1CCN(C)CC1. The normalized spacial score (nSPS) is 22.5. The minimum absolute atomic E-state index is 0.968. The summed E-state index contributed by atoms with van der Waals surface area (Å²) in [7, 11) is 2.25. The molecule has 0 radical (unpaired) electrons. The predicted octanol–water partition coefficient (Wildman–Crippen LogP) is 3.54. The fourth-order valence-corrected chi connectivity index (χ4v) is 2.55. The topological polar surface area (TPSA) is 3.24 Å². The standard InChI is InChI=1S/C13H27N/c1-4-5-6-7-12(2)13-8-10-14(3)11-9-13/h12-13H,4-11H2,1-3H3. The molecule has 1 fully saturated rings. The highest BCUT2D eigenvalue weighted by molar-refractivity contribution is 4.74. The van der Waals surface area contributed by atoms with Gasteiger partial charge in [-0.15, -0.1) is 0 Å². The van der Waals surface area contributed by atoms with Crippen molar-refractivity contribution in [2.75, 3.05) is 20.1 Å². The molecular weight excluding hydrogens is 170 g/mol. The molecule has 0 bridgehead atoms. The largest absolute Gasteiger partial charge is 0.306 e. The molecule has 1 unspecified atom stereocenters. The number of hydrogen-bond acceptors (Lipinski definition) is 1. The van der Waals surface area contributed by atoms with Crippen molar-refractivity contribution in [3.8, 4) is 0 Å². The van der Waals surface area contributed by atoms with Crippen molar-refractivity contribution in [3.63, 3.8) is 0 Å². The van der Waals surface area contributed by atoms with E-state index in [1.54, 1.807) is 0 Å². The van der Waals surface area contributed by atoms with E-state index >= 15 is 0 Å². The highest BCUT2D eigenvalue weighted by atomic mass is 15.1. The van der Waals surface area contributed by atoms with Crippen LogP contribution in [0.25, 0.3) is 0 Å². The van der Waals surface area contributed by atoms with E-state index in [0.717, 1.165) is 11.8 Å². The third-order valence-electron chi connectivity index (χ3n) is 3.83. The minimum Gasteiger partial charge on any atom is -0.306 e. The molecule has 0 aromatic rings. The fraction of sp³-hybridized carbons (Fsp3) is 1.00. The zero-order valence-corrected chi connectivity index (χ0v) is 10.3. The van der Waals surface area contributed by atoms with Gasteiger partial charge in [0.1, 0.15) is 0 Å². The lowest BCUT2D eigenvalue weighted by molar-refractivity contribution is 0.171. The van der Waals surface area contributed by atoms with Gasteiger partial charge in [-0.1, -0.05) is 39.5 Å². The first-order valence-corrected chi connectivity index (χ1v) is 6.42. The Morgan fingerprint density at radius 2 is 1.86 bits per heavy atom. The molecule has 0 saturated carbocycles. The van der Waals surface area contributed by atoms with Gasteiger partial charge in [0.05, 0.1) is 0 Å². The molecule has 1 saturated heterocycles. The van der Waals surface area contributed by atoms with Crippen LogP contribution in [-0.2, 0) is 0 Å². The Bertz CT molecular complexity index is 136. The lowest BCUT2D eigenvalue weighted by Crippen LogP contribution is -2.32. The second-order valence-electron chi connectivity index (χ2n) is 5.11. The second-order valence-corrected chi connectivity index (χ2v) is 5.11. The zero-order valence-electron chi connectivity index (χ0n) is 10.3. The fourth-order valence-electron chi connectivity index (χ4n) is 2.55. The summed E-state index contributed by atoms with van der Waals surface area (Å²) in [6.07, 6.45) is 8.57. The number of rotatable bonds is 5. The van der Waals surface area contributed by atoms with E-state index in [1.807, 2.05) is 0 Å². The lowest BCUT2D eigenvalue weighted by atomic mass is 9.83. The molecule has 1 atom stereocenters. The zero-order chi connectivity index (χ0) is 10.4. The Kier molecular flexibility index (Phi) is 5.54. The average molecular weight is 197 g/mol. The van der Waals surface area contributed by atoms with E-state index in [0.29, 0.717) is 0 Å². The molecule has 1 nitrogen and oxygen atoms in total. The van der Waals surface area contributed by atoms with Crippen molar-refractivity contribution >= 4 is 0 Å². The summed E-state index contributed by atoms with van der Waals surface area (Å²) in [6, 6.07) is 0. The van der Waals surface area contributed by atoms with Crippen molar-refractivity contribution in [2.45, 2.75) is 52.4 Å². The van der Waals surface area contributed by atoms with Crippen LogP contribution in [0.3, 0.4) is 0 Å². The molecule has 14 heavy (non-hydrogen) atoms. The van der Waals surface area contributed by atoms with Crippen LogP contribution in [0.15, 0.2) is 0 Å². The van der Waals surface area contributed by atoms with Gasteiger partial charge >= 0.3 is 0 Å². The Hall–Kier alpha value is -0.0400. The van der Waals surface area contributed by atoms with Crippen LogP contribution in [0.4, 0.5) is 0 Å². The Morgan fingerprint density at radius 3 is 2.43 bits per heavy atom. The van der Waals surface area contributed by atoms with E-state index in [-0.39, 0.29) is 0 Å². The third kappa shape index (κ3) is 4.00. The van der Waals surface area contributed by atoms with Crippen molar-refractivity contribution < 1.29 is 0 Å². The van der Waals surface area contributed by atoms with E-state index in [9.17, 15) is 0 Å². The van der Waals surface area contributed by atoms with Crippen molar-refractivity contribution in [2.24, 2.45) is 11.8 Å². The summed E-state index contributed by atoms with van der Waals surface area (Å²) in [5, 5.41) is 0. The molecule has 0 aromatic heterocycles. The van der Waals surface area contributed by atoms with Crippen LogP contribution < -0.4 is 0 Å². The highest BCUT2D eigenvalue weighted by Crippen LogP contribution is 2.27. The number of piperidine rings is 1. The Labute approximate surface area is 89.9 Å². The maximum atomic E-state index is 2.47. The first-order valence-electron chi connectivity index (χ1n) is 6.42. The monoisotopic (exact) mass is 197 g/mol. The van der Waals surface area contributed by atoms with Crippen LogP contribution in [0.1, 0.15) is 52.4 Å². The maximum absolute atomic E-state index is 2.47. The molecule has 1 rings (SSSR count). The number of hydrogen-bond donors (Lipinski definition) is 0. The van der Waals surface area contributed by atoms with Crippen LogP contribution in [-0.4, -0.2) is 25.0 Å². The molecule has 0 aromatic carbocycles. The highest BCUT2D eigenvalue weighted by Gasteiger charge is 2.21. The smallest absolute Gasteiger partial charge is 0.00190 e. The molecule has 1 aliphatic heterocycles. The van der Waals surface area contributed by atoms with Gasteiger partial charge < -0.3 is 4.90 Å². The van der Waals surface area contributed by atoms with Gasteiger partial charge in [-0.05, 0) is 44.8 Å². The molecule has 0 amide bonds.